The number of aliphatic carboxylic acids is 4. The van der Waals surface area contributed by atoms with Crippen LogP contribution in [0.25, 0.3) is 0 Å². The highest BCUT2D eigenvalue weighted by molar-refractivity contribution is 5.73. The number of rotatable bonds is 18. The van der Waals surface area contributed by atoms with Gasteiger partial charge >= 0.3 is 29.8 Å². The maximum absolute atomic E-state index is 10.6. The predicted octanol–water partition coefficient (Wildman–Crippen LogP) is -1.47. The Bertz CT molecular complexity index is 510. The van der Waals surface area contributed by atoms with Crippen LogP contribution in [0, 0.1) is 0 Å². The van der Waals surface area contributed by atoms with Crippen molar-refractivity contribution in [3.05, 3.63) is 0 Å². The molecule has 0 bridgehead atoms. The monoisotopic (exact) mass is 468 g/mol. The highest BCUT2D eigenvalue weighted by Gasteiger charge is 2.14. The molecule has 0 aliphatic carbocycles. The standard InChI is InChI=1S/C14H24N2O10.C4H8O2/c17-11(18)7-15(8-12(19)20)1-3-25-5-6-26-4-2-16(9-13(21)22)10-14(23)24;1-3-6-4(2)5/h1-10H2,(H,17,18)(H,19,20)(H,21,22)(H,23,24);3H2,1-2H3. The van der Waals surface area contributed by atoms with Gasteiger partial charge < -0.3 is 34.6 Å². The zero-order valence-electron chi connectivity index (χ0n) is 18.2. The minimum atomic E-state index is -1.14. The second-order valence-corrected chi connectivity index (χ2v) is 6.15. The quantitative estimate of drug-likeness (QED) is 0.134. The number of nitrogens with zero attached hydrogens (tertiary/aromatic N) is 2. The van der Waals surface area contributed by atoms with Gasteiger partial charge in [-0.3, -0.25) is 33.8 Å². The second kappa shape index (κ2) is 20.1. The fourth-order valence-electron chi connectivity index (χ4n) is 2.11. The highest BCUT2D eigenvalue weighted by atomic mass is 16.5. The number of esters is 1. The predicted molar refractivity (Wildman–Crippen MR) is 107 cm³/mol. The van der Waals surface area contributed by atoms with Gasteiger partial charge in [0.25, 0.3) is 0 Å². The maximum atomic E-state index is 10.6. The molecule has 0 saturated carbocycles. The highest BCUT2D eigenvalue weighted by Crippen LogP contribution is 1.92. The lowest BCUT2D eigenvalue weighted by Gasteiger charge is -2.18. The fraction of sp³-hybridized carbons (Fsp3) is 0.722. The van der Waals surface area contributed by atoms with E-state index >= 15 is 0 Å². The molecule has 0 radical (unpaired) electrons. The van der Waals surface area contributed by atoms with E-state index < -0.39 is 50.1 Å². The average Bonchev–Trinajstić information content (AvgIpc) is 2.62. The first-order valence-corrected chi connectivity index (χ1v) is 9.58. The summed E-state index contributed by atoms with van der Waals surface area (Å²) in [4.78, 5) is 54.7. The molecule has 14 heteroatoms. The lowest BCUT2D eigenvalue weighted by Crippen LogP contribution is -2.37. The Kier molecular flexibility index (Phi) is 19.7. The van der Waals surface area contributed by atoms with Gasteiger partial charge in [-0.05, 0) is 6.92 Å². The molecule has 14 nitrogen and oxygen atoms in total. The summed E-state index contributed by atoms with van der Waals surface area (Å²) in [7, 11) is 0. The van der Waals surface area contributed by atoms with Crippen molar-refractivity contribution in [3.63, 3.8) is 0 Å². The Labute approximate surface area is 185 Å². The van der Waals surface area contributed by atoms with Crippen molar-refractivity contribution in [1.82, 2.24) is 9.80 Å². The first kappa shape index (κ1) is 31.4. The molecule has 4 N–H and O–H groups in total. The number of carbonyl (C=O) groups excluding carboxylic acids is 1. The van der Waals surface area contributed by atoms with Crippen LogP contribution in [0.5, 0.6) is 0 Å². The smallest absolute Gasteiger partial charge is 0.317 e. The topological polar surface area (TPSA) is 200 Å². The van der Waals surface area contributed by atoms with Crippen molar-refractivity contribution < 1.29 is 58.6 Å². The van der Waals surface area contributed by atoms with E-state index in [1.807, 2.05) is 0 Å². The molecule has 0 aliphatic rings. The molecule has 0 rings (SSSR count). The van der Waals surface area contributed by atoms with Gasteiger partial charge in [-0.1, -0.05) is 0 Å². The SMILES string of the molecule is CCOC(C)=O.O=C(O)CN(CCOCCOCCN(CC(=O)O)CC(=O)O)CC(=O)O. The third kappa shape index (κ3) is 25.2. The van der Waals surface area contributed by atoms with Crippen LogP contribution in [0.15, 0.2) is 0 Å². The van der Waals surface area contributed by atoms with Crippen molar-refractivity contribution in [2.24, 2.45) is 0 Å². The summed E-state index contributed by atoms with van der Waals surface area (Å²) in [5, 5.41) is 34.7. The molecule has 32 heavy (non-hydrogen) atoms. The maximum Gasteiger partial charge on any atom is 0.317 e. The molecule has 0 heterocycles. The van der Waals surface area contributed by atoms with Crippen molar-refractivity contribution in [2.75, 3.05) is 72.3 Å². The van der Waals surface area contributed by atoms with Gasteiger partial charge in [0.05, 0.1) is 59.2 Å². The molecule has 0 saturated heterocycles. The molecule has 0 amide bonds. The first-order chi connectivity index (χ1) is 15.0. The van der Waals surface area contributed by atoms with E-state index in [-0.39, 0.29) is 45.5 Å². The van der Waals surface area contributed by atoms with Crippen LogP contribution in [-0.2, 0) is 38.2 Å². The Morgan fingerprint density at radius 1 is 0.625 bits per heavy atom. The summed E-state index contributed by atoms with van der Waals surface area (Å²) < 4.78 is 14.8. The van der Waals surface area contributed by atoms with E-state index in [1.165, 1.54) is 16.7 Å². The van der Waals surface area contributed by atoms with Gasteiger partial charge in [0.2, 0.25) is 0 Å². The first-order valence-electron chi connectivity index (χ1n) is 9.58. The molecular weight excluding hydrogens is 436 g/mol. The van der Waals surface area contributed by atoms with Crippen LogP contribution in [0.1, 0.15) is 13.8 Å². The van der Waals surface area contributed by atoms with Crippen molar-refractivity contribution in [1.29, 1.82) is 0 Å². The molecule has 186 valence electrons. The molecule has 0 atom stereocenters. The van der Waals surface area contributed by atoms with Gasteiger partial charge in [0, 0.05) is 20.0 Å². The summed E-state index contributed by atoms with van der Waals surface area (Å²) in [5.74, 6) is -4.76. The van der Waals surface area contributed by atoms with E-state index in [4.69, 9.17) is 29.9 Å². The third-order valence-electron chi connectivity index (χ3n) is 3.26. The minimum Gasteiger partial charge on any atom is -0.480 e. The van der Waals surface area contributed by atoms with E-state index in [0.717, 1.165) is 0 Å². The van der Waals surface area contributed by atoms with Crippen LogP contribution in [0.3, 0.4) is 0 Å². The van der Waals surface area contributed by atoms with Crippen LogP contribution >= 0.6 is 0 Å². The molecule has 0 spiro atoms. The van der Waals surface area contributed by atoms with E-state index in [1.54, 1.807) is 6.92 Å². The second-order valence-electron chi connectivity index (χ2n) is 6.15. The van der Waals surface area contributed by atoms with Gasteiger partial charge in [-0.15, -0.1) is 0 Å². The average molecular weight is 468 g/mol. The molecule has 0 aromatic rings. The molecule has 0 unspecified atom stereocenters. The molecular formula is C18H32N2O12. The summed E-state index contributed by atoms with van der Waals surface area (Å²) in [5.41, 5.74) is 0. The molecule has 0 aromatic heterocycles. The minimum absolute atomic E-state index is 0.119. The lowest BCUT2D eigenvalue weighted by molar-refractivity contribution is -0.144. The van der Waals surface area contributed by atoms with Crippen LogP contribution in [0.4, 0.5) is 0 Å². The summed E-state index contributed by atoms with van der Waals surface area (Å²) >= 11 is 0. The normalized spacial score (nSPS) is 10.4. The molecule has 0 aliphatic heterocycles. The Morgan fingerprint density at radius 3 is 1.12 bits per heavy atom. The Morgan fingerprint density at radius 2 is 0.938 bits per heavy atom. The van der Waals surface area contributed by atoms with Gasteiger partial charge in [0.1, 0.15) is 0 Å². The summed E-state index contributed by atoms with van der Waals surface area (Å²) in [6.07, 6.45) is 0. The Balaban J connectivity index is 0. The molecule has 0 aromatic carbocycles. The fourth-order valence-corrected chi connectivity index (χ4v) is 2.11. The summed E-state index contributed by atoms with van der Waals surface area (Å²) in [6, 6.07) is 0. The van der Waals surface area contributed by atoms with Crippen LogP contribution < -0.4 is 0 Å². The van der Waals surface area contributed by atoms with Crippen molar-refractivity contribution in [2.45, 2.75) is 13.8 Å². The van der Waals surface area contributed by atoms with Crippen LogP contribution in [-0.4, -0.2) is 132 Å². The van der Waals surface area contributed by atoms with E-state index in [2.05, 4.69) is 4.74 Å². The van der Waals surface area contributed by atoms with Gasteiger partial charge in [-0.25, -0.2) is 0 Å². The number of carboxylic acid groups (broad SMARTS) is 4. The number of ether oxygens (including phenoxy) is 3. The third-order valence-corrected chi connectivity index (χ3v) is 3.26. The summed E-state index contributed by atoms with van der Waals surface area (Å²) in [6.45, 7) is 2.86. The lowest BCUT2D eigenvalue weighted by atomic mass is 10.4. The zero-order chi connectivity index (χ0) is 24.9. The molecule has 0 fully saturated rings. The number of carboxylic acids is 4. The van der Waals surface area contributed by atoms with Crippen molar-refractivity contribution >= 4 is 29.8 Å². The van der Waals surface area contributed by atoms with Gasteiger partial charge in [0.15, 0.2) is 0 Å². The Hall–Kier alpha value is -2.81. The van der Waals surface area contributed by atoms with Gasteiger partial charge in [-0.2, -0.15) is 0 Å². The van der Waals surface area contributed by atoms with Crippen molar-refractivity contribution in [3.8, 4) is 0 Å². The number of hydrogen-bond acceptors (Lipinski definition) is 10. The van der Waals surface area contributed by atoms with E-state index in [9.17, 15) is 24.0 Å². The van der Waals surface area contributed by atoms with E-state index in [0.29, 0.717) is 6.61 Å². The number of hydrogen-bond donors (Lipinski definition) is 4. The largest absolute Gasteiger partial charge is 0.480 e. The van der Waals surface area contributed by atoms with Crippen LogP contribution in [0.2, 0.25) is 0 Å². The number of carbonyl (C=O) groups is 5. The zero-order valence-corrected chi connectivity index (χ0v) is 18.2.